The smallest absolute Gasteiger partial charge is 0.117 e. The number of rotatable bonds is 6. The van der Waals surface area contributed by atoms with Gasteiger partial charge in [0.05, 0.1) is 12.8 Å². The van der Waals surface area contributed by atoms with Crippen LogP contribution in [0.4, 0.5) is 0 Å². The Balaban J connectivity index is 2.29. The van der Waals surface area contributed by atoms with Gasteiger partial charge >= 0.3 is 0 Å². The highest BCUT2D eigenvalue weighted by atomic mass is 16.3. The van der Waals surface area contributed by atoms with Crippen LogP contribution in [-0.2, 0) is 6.54 Å². The third-order valence-electron chi connectivity index (χ3n) is 3.88. The Kier molecular flexibility index (Phi) is 4.99. The van der Waals surface area contributed by atoms with Crippen molar-refractivity contribution in [2.24, 2.45) is 5.73 Å². The monoisotopic (exact) mass is 272 g/mol. The summed E-state index contributed by atoms with van der Waals surface area (Å²) in [6.45, 7) is 8.83. The van der Waals surface area contributed by atoms with Gasteiger partial charge in [0.1, 0.15) is 5.76 Å². The quantitative estimate of drug-likeness (QED) is 0.876. The molecule has 0 saturated carbocycles. The average molecular weight is 272 g/mol. The van der Waals surface area contributed by atoms with Gasteiger partial charge in [-0.3, -0.25) is 4.90 Å². The van der Waals surface area contributed by atoms with Crippen molar-refractivity contribution < 1.29 is 4.42 Å². The van der Waals surface area contributed by atoms with E-state index in [9.17, 15) is 0 Å². The van der Waals surface area contributed by atoms with E-state index in [0.717, 1.165) is 18.8 Å². The maximum Gasteiger partial charge on any atom is 0.117 e. The minimum absolute atomic E-state index is 0.228. The van der Waals surface area contributed by atoms with Crippen molar-refractivity contribution >= 4 is 0 Å². The zero-order valence-electron chi connectivity index (χ0n) is 12.6. The Bertz CT molecular complexity index is 514. The Hall–Kier alpha value is -1.58. The fraction of sp³-hybridized carbons (Fsp3) is 0.412. The predicted molar refractivity (Wildman–Crippen MR) is 82.5 cm³/mol. The van der Waals surface area contributed by atoms with Gasteiger partial charge in [-0.2, -0.15) is 0 Å². The van der Waals surface area contributed by atoms with Gasteiger partial charge in [0.15, 0.2) is 0 Å². The molecule has 0 bridgehead atoms. The van der Waals surface area contributed by atoms with Crippen molar-refractivity contribution in [1.82, 2.24) is 4.90 Å². The number of benzene rings is 1. The zero-order valence-corrected chi connectivity index (χ0v) is 12.6. The van der Waals surface area contributed by atoms with Crippen molar-refractivity contribution in [2.75, 3.05) is 13.1 Å². The molecule has 1 aromatic heterocycles. The Morgan fingerprint density at radius 1 is 1.15 bits per heavy atom. The number of aryl methyl sites for hydroxylation is 2. The number of likely N-dealkylation sites (N-methyl/N-ethyl adjacent to an activating group) is 1. The highest BCUT2D eigenvalue weighted by Gasteiger charge is 2.21. The van der Waals surface area contributed by atoms with Crippen molar-refractivity contribution in [1.29, 1.82) is 0 Å². The van der Waals surface area contributed by atoms with Gasteiger partial charge in [-0.25, -0.2) is 0 Å². The normalized spacial score (nSPS) is 12.8. The van der Waals surface area contributed by atoms with Crippen LogP contribution in [0.15, 0.2) is 41.0 Å². The fourth-order valence-electron chi connectivity index (χ4n) is 2.85. The minimum atomic E-state index is 0.228. The van der Waals surface area contributed by atoms with Crippen LogP contribution in [0.2, 0.25) is 0 Å². The van der Waals surface area contributed by atoms with Gasteiger partial charge in [-0.1, -0.05) is 25.1 Å². The first kappa shape index (κ1) is 14.8. The molecule has 0 aliphatic heterocycles. The van der Waals surface area contributed by atoms with Crippen LogP contribution < -0.4 is 5.73 Å². The molecule has 0 amide bonds. The lowest BCUT2D eigenvalue weighted by Crippen LogP contribution is -2.34. The van der Waals surface area contributed by atoms with Crippen molar-refractivity contribution in [3.05, 3.63) is 59.0 Å². The van der Waals surface area contributed by atoms with E-state index in [0.29, 0.717) is 6.54 Å². The molecule has 0 aliphatic carbocycles. The molecule has 1 aromatic carbocycles. The first-order valence-corrected chi connectivity index (χ1v) is 7.20. The van der Waals surface area contributed by atoms with Crippen LogP contribution in [-0.4, -0.2) is 18.0 Å². The predicted octanol–water partition coefficient (Wildman–Crippen LogP) is 3.42. The van der Waals surface area contributed by atoms with E-state index >= 15 is 0 Å². The minimum Gasteiger partial charge on any atom is -0.468 e. The summed E-state index contributed by atoms with van der Waals surface area (Å²) in [4.78, 5) is 2.37. The number of furan rings is 1. The molecule has 0 spiro atoms. The van der Waals surface area contributed by atoms with Gasteiger partial charge in [0.25, 0.3) is 0 Å². The van der Waals surface area contributed by atoms with E-state index in [1.54, 1.807) is 6.26 Å². The summed E-state index contributed by atoms with van der Waals surface area (Å²) in [5.74, 6) is 0.983. The molecule has 0 aliphatic rings. The van der Waals surface area contributed by atoms with Gasteiger partial charge in [-0.15, -0.1) is 0 Å². The second-order valence-corrected chi connectivity index (χ2v) is 5.20. The third kappa shape index (κ3) is 3.11. The first-order valence-electron chi connectivity index (χ1n) is 7.20. The molecular formula is C17H24N2O. The molecule has 108 valence electrons. The molecule has 1 atom stereocenters. The van der Waals surface area contributed by atoms with Crippen LogP contribution >= 0.6 is 0 Å². The molecule has 0 fully saturated rings. The molecule has 3 nitrogen and oxygen atoms in total. The van der Waals surface area contributed by atoms with E-state index in [1.165, 1.54) is 16.7 Å². The summed E-state index contributed by atoms with van der Waals surface area (Å²) in [6.07, 6.45) is 1.72. The Labute approximate surface area is 121 Å². The van der Waals surface area contributed by atoms with Crippen LogP contribution in [0.25, 0.3) is 0 Å². The van der Waals surface area contributed by atoms with Crippen LogP contribution in [0, 0.1) is 13.8 Å². The molecular weight excluding hydrogens is 248 g/mol. The van der Waals surface area contributed by atoms with Crippen LogP contribution in [0.5, 0.6) is 0 Å². The Morgan fingerprint density at radius 2 is 1.85 bits per heavy atom. The summed E-state index contributed by atoms with van der Waals surface area (Å²) in [7, 11) is 0. The molecule has 0 saturated heterocycles. The molecule has 1 unspecified atom stereocenters. The standard InChI is InChI=1S/C17H24N2O/c1-4-19(12-15-9-6-10-20-15)16(11-18)17-13(2)7-5-8-14(17)3/h5-10,16H,4,11-12,18H2,1-3H3. The SMILES string of the molecule is CCN(Cc1ccco1)C(CN)c1c(C)cccc1C. The first-order chi connectivity index (χ1) is 9.67. The van der Waals surface area contributed by atoms with Crippen molar-refractivity contribution in [2.45, 2.75) is 33.4 Å². The number of hydrogen-bond acceptors (Lipinski definition) is 3. The number of nitrogens with two attached hydrogens (primary N) is 1. The van der Waals surface area contributed by atoms with Crippen LogP contribution in [0.3, 0.4) is 0 Å². The topological polar surface area (TPSA) is 42.4 Å². The highest BCUT2D eigenvalue weighted by Crippen LogP contribution is 2.27. The average Bonchev–Trinajstić information content (AvgIpc) is 2.94. The molecule has 2 rings (SSSR count). The second kappa shape index (κ2) is 6.73. The Morgan fingerprint density at radius 3 is 2.35 bits per heavy atom. The van der Waals surface area contributed by atoms with Gasteiger partial charge in [0, 0.05) is 12.6 Å². The number of nitrogens with zero attached hydrogens (tertiary/aromatic N) is 1. The van der Waals surface area contributed by atoms with Crippen molar-refractivity contribution in [3.8, 4) is 0 Å². The van der Waals surface area contributed by atoms with E-state index in [2.05, 4.69) is 43.9 Å². The lowest BCUT2D eigenvalue weighted by atomic mass is 9.95. The lowest BCUT2D eigenvalue weighted by molar-refractivity contribution is 0.187. The van der Waals surface area contributed by atoms with E-state index < -0.39 is 0 Å². The third-order valence-corrected chi connectivity index (χ3v) is 3.88. The molecule has 2 N–H and O–H groups in total. The summed E-state index contributed by atoms with van der Waals surface area (Å²) in [6, 6.07) is 10.6. The largest absolute Gasteiger partial charge is 0.468 e. The lowest BCUT2D eigenvalue weighted by Gasteiger charge is -2.31. The van der Waals surface area contributed by atoms with E-state index in [1.807, 2.05) is 12.1 Å². The zero-order chi connectivity index (χ0) is 14.5. The molecule has 20 heavy (non-hydrogen) atoms. The number of hydrogen-bond donors (Lipinski definition) is 1. The molecule has 2 aromatic rings. The van der Waals surface area contributed by atoms with Gasteiger partial charge in [0.2, 0.25) is 0 Å². The summed E-state index contributed by atoms with van der Waals surface area (Å²) in [5.41, 5.74) is 10.0. The summed E-state index contributed by atoms with van der Waals surface area (Å²) >= 11 is 0. The van der Waals surface area contributed by atoms with Gasteiger partial charge in [-0.05, 0) is 49.2 Å². The van der Waals surface area contributed by atoms with E-state index in [4.69, 9.17) is 10.2 Å². The summed E-state index contributed by atoms with van der Waals surface area (Å²) < 4.78 is 5.47. The maximum atomic E-state index is 6.08. The van der Waals surface area contributed by atoms with Crippen molar-refractivity contribution in [3.63, 3.8) is 0 Å². The summed E-state index contributed by atoms with van der Waals surface area (Å²) in [5, 5.41) is 0. The maximum absolute atomic E-state index is 6.08. The fourth-order valence-corrected chi connectivity index (χ4v) is 2.85. The molecule has 3 heteroatoms. The van der Waals surface area contributed by atoms with E-state index in [-0.39, 0.29) is 6.04 Å². The molecule has 0 radical (unpaired) electrons. The van der Waals surface area contributed by atoms with Crippen LogP contribution in [0.1, 0.15) is 35.4 Å². The molecule has 1 heterocycles. The van der Waals surface area contributed by atoms with Gasteiger partial charge < -0.3 is 10.2 Å². The highest BCUT2D eigenvalue weighted by molar-refractivity contribution is 5.36. The second-order valence-electron chi connectivity index (χ2n) is 5.20.